The van der Waals surface area contributed by atoms with Gasteiger partial charge in [-0.05, 0) is 31.9 Å². The molecule has 0 N–H and O–H groups in total. The molecule has 0 aliphatic heterocycles. The van der Waals surface area contributed by atoms with Crippen molar-refractivity contribution in [3.05, 3.63) is 29.8 Å². The number of hydrogen-bond acceptors (Lipinski definition) is 4. The Hall–Kier alpha value is -1.55. The van der Waals surface area contributed by atoms with Crippen LogP contribution in [0.2, 0.25) is 0 Å². The molecule has 0 fully saturated rings. The fourth-order valence-electron chi connectivity index (χ4n) is 1.67. The van der Waals surface area contributed by atoms with Crippen molar-refractivity contribution >= 4 is 5.97 Å². The van der Waals surface area contributed by atoms with Gasteiger partial charge in [-0.3, -0.25) is 4.79 Å². The standard InChI is InChI=1S/C15H22O4/c1-3-17-11-12-19-15(16)10-9-13-7-5-6-8-14(13)18-4-2/h5-8H,3-4,9-12H2,1-2H3. The van der Waals surface area contributed by atoms with Gasteiger partial charge in [0.25, 0.3) is 0 Å². The molecular weight excluding hydrogens is 244 g/mol. The molecule has 0 amide bonds. The number of benzene rings is 1. The van der Waals surface area contributed by atoms with Crippen LogP contribution in [0.5, 0.6) is 5.75 Å². The van der Waals surface area contributed by atoms with Gasteiger partial charge in [0, 0.05) is 13.0 Å². The summed E-state index contributed by atoms with van der Waals surface area (Å²) in [6.07, 6.45) is 0.986. The number of esters is 1. The maximum atomic E-state index is 11.5. The fraction of sp³-hybridized carbons (Fsp3) is 0.533. The molecule has 19 heavy (non-hydrogen) atoms. The first kappa shape index (κ1) is 15.5. The molecular formula is C15H22O4. The van der Waals surface area contributed by atoms with Crippen LogP contribution in [0.4, 0.5) is 0 Å². The Kier molecular flexibility index (Phi) is 7.66. The summed E-state index contributed by atoms with van der Waals surface area (Å²) in [7, 11) is 0. The van der Waals surface area contributed by atoms with E-state index in [1.165, 1.54) is 0 Å². The lowest BCUT2D eigenvalue weighted by Gasteiger charge is -2.09. The lowest BCUT2D eigenvalue weighted by atomic mass is 10.1. The summed E-state index contributed by atoms with van der Waals surface area (Å²) in [5.74, 6) is 0.637. The molecule has 1 rings (SSSR count). The first-order valence-corrected chi connectivity index (χ1v) is 6.72. The Labute approximate surface area is 114 Å². The number of rotatable bonds is 9. The van der Waals surface area contributed by atoms with Crippen molar-refractivity contribution in [1.82, 2.24) is 0 Å². The lowest BCUT2D eigenvalue weighted by molar-refractivity contribution is -0.145. The minimum Gasteiger partial charge on any atom is -0.494 e. The van der Waals surface area contributed by atoms with E-state index in [0.29, 0.717) is 39.3 Å². The highest BCUT2D eigenvalue weighted by Crippen LogP contribution is 2.19. The van der Waals surface area contributed by atoms with Crippen LogP contribution in [0, 0.1) is 0 Å². The number of hydrogen-bond donors (Lipinski definition) is 0. The zero-order valence-electron chi connectivity index (χ0n) is 11.7. The summed E-state index contributed by atoms with van der Waals surface area (Å²) in [4.78, 5) is 11.5. The van der Waals surface area contributed by atoms with Crippen molar-refractivity contribution in [1.29, 1.82) is 0 Å². The van der Waals surface area contributed by atoms with E-state index in [4.69, 9.17) is 14.2 Å². The molecule has 0 saturated carbocycles. The van der Waals surface area contributed by atoms with Crippen LogP contribution < -0.4 is 4.74 Å². The van der Waals surface area contributed by atoms with E-state index in [0.717, 1.165) is 11.3 Å². The van der Waals surface area contributed by atoms with E-state index in [-0.39, 0.29) is 5.97 Å². The second-order valence-electron chi connectivity index (χ2n) is 3.96. The van der Waals surface area contributed by atoms with Gasteiger partial charge in [0.1, 0.15) is 12.4 Å². The van der Waals surface area contributed by atoms with E-state index >= 15 is 0 Å². The van der Waals surface area contributed by atoms with Crippen LogP contribution in [-0.2, 0) is 20.7 Å². The molecule has 0 spiro atoms. The van der Waals surface area contributed by atoms with E-state index in [1.54, 1.807) is 0 Å². The van der Waals surface area contributed by atoms with Gasteiger partial charge >= 0.3 is 5.97 Å². The summed E-state index contributed by atoms with van der Waals surface area (Å²) in [6, 6.07) is 7.75. The number of para-hydroxylation sites is 1. The smallest absolute Gasteiger partial charge is 0.306 e. The van der Waals surface area contributed by atoms with Gasteiger partial charge in [0.05, 0.1) is 13.2 Å². The average Bonchev–Trinajstić information content (AvgIpc) is 2.43. The molecule has 1 aromatic carbocycles. The van der Waals surface area contributed by atoms with Crippen molar-refractivity contribution in [2.75, 3.05) is 26.4 Å². The first-order chi connectivity index (χ1) is 9.27. The maximum Gasteiger partial charge on any atom is 0.306 e. The predicted octanol–water partition coefficient (Wildman–Crippen LogP) is 2.60. The predicted molar refractivity (Wildman–Crippen MR) is 73.4 cm³/mol. The highest BCUT2D eigenvalue weighted by molar-refractivity contribution is 5.69. The Balaban J connectivity index is 2.33. The highest BCUT2D eigenvalue weighted by Gasteiger charge is 2.07. The second-order valence-corrected chi connectivity index (χ2v) is 3.96. The monoisotopic (exact) mass is 266 g/mol. The zero-order valence-corrected chi connectivity index (χ0v) is 11.7. The van der Waals surface area contributed by atoms with Crippen molar-refractivity contribution in [3.8, 4) is 5.75 Å². The fourth-order valence-corrected chi connectivity index (χ4v) is 1.67. The Bertz CT molecular complexity index is 376. The van der Waals surface area contributed by atoms with Crippen molar-refractivity contribution in [2.45, 2.75) is 26.7 Å². The van der Waals surface area contributed by atoms with Gasteiger partial charge in [-0.15, -0.1) is 0 Å². The van der Waals surface area contributed by atoms with E-state index in [9.17, 15) is 4.79 Å². The third-order valence-corrected chi connectivity index (χ3v) is 2.57. The molecule has 4 heteroatoms. The molecule has 0 bridgehead atoms. The summed E-state index contributed by atoms with van der Waals surface area (Å²) >= 11 is 0. The molecule has 0 unspecified atom stereocenters. The Morgan fingerprint density at radius 1 is 1.11 bits per heavy atom. The molecule has 1 aromatic rings. The van der Waals surface area contributed by atoms with Crippen LogP contribution >= 0.6 is 0 Å². The third kappa shape index (κ3) is 6.25. The summed E-state index contributed by atoms with van der Waals surface area (Å²) < 4.78 is 15.7. The van der Waals surface area contributed by atoms with E-state index in [1.807, 2.05) is 38.1 Å². The van der Waals surface area contributed by atoms with Gasteiger partial charge in [0.2, 0.25) is 0 Å². The SMILES string of the molecule is CCOCCOC(=O)CCc1ccccc1OCC. The molecule has 0 aromatic heterocycles. The number of carbonyl (C=O) groups excluding carboxylic acids is 1. The van der Waals surface area contributed by atoms with Crippen LogP contribution in [0.3, 0.4) is 0 Å². The zero-order chi connectivity index (χ0) is 13.9. The van der Waals surface area contributed by atoms with Gasteiger partial charge in [-0.25, -0.2) is 0 Å². The molecule has 0 heterocycles. The van der Waals surface area contributed by atoms with Gasteiger partial charge in [-0.2, -0.15) is 0 Å². The van der Waals surface area contributed by atoms with Crippen molar-refractivity contribution in [3.63, 3.8) is 0 Å². The average molecular weight is 266 g/mol. The van der Waals surface area contributed by atoms with E-state index < -0.39 is 0 Å². The summed E-state index contributed by atoms with van der Waals surface area (Å²) in [6.45, 7) is 5.89. The van der Waals surface area contributed by atoms with Crippen molar-refractivity contribution < 1.29 is 19.0 Å². The molecule has 0 radical (unpaired) electrons. The second kappa shape index (κ2) is 9.39. The van der Waals surface area contributed by atoms with Crippen LogP contribution in [0.25, 0.3) is 0 Å². The van der Waals surface area contributed by atoms with Crippen LogP contribution in [0.15, 0.2) is 24.3 Å². The molecule has 0 saturated heterocycles. The molecule has 0 atom stereocenters. The summed E-state index contributed by atoms with van der Waals surface area (Å²) in [5.41, 5.74) is 1.03. The topological polar surface area (TPSA) is 44.8 Å². The maximum absolute atomic E-state index is 11.5. The number of aryl methyl sites for hydroxylation is 1. The highest BCUT2D eigenvalue weighted by atomic mass is 16.6. The van der Waals surface area contributed by atoms with Gasteiger partial charge in [0.15, 0.2) is 0 Å². The molecule has 0 aliphatic carbocycles. The van der Waals surface area contributed by atoms with E-state index in [2.05, 4.69) is 0 Å². The minimum atomic E-state index is -0.203. The van der Waals surface area contributed by atoms with Gasteiger partial charge < -0.3 is 14.2 Å². The van der Waals surface area contributed by atoms with Gasteiger partial charge in [-0.1, -0.05) is 18.2 Å². The minimum absolute atomic E-state index is 0.203. The molecule has 0 aliphatic rings. The quantitative estimate of drug-likeness (QED) is 0.509. The largest absolute Gasteiger partial charge is 0.494 e. The van der Waals surface area contributed by atoms with Crippen molar-refractivity contribution in [2.24, 2.45) is 0 Å². The molecule has 106 valence electrons. The normalized spacial score (nSPS) is 10.2. The van der Waals surface area contributed by atoms with Crippen LogP contribution in [0.1, 0.15) is 25.8 Å². The Morgan fingerprint density at radius 3 is 2.63 bits per heavy atom. The lowest BCUT2D eigenvalue weighted by Crippen LogP contribution is -2.11. The van der Waals surface area contributed by atoms with Crippen LogP contribution in [-0.4, -0.2) is 32.4 Å². The third-order valence-electron chi connectivity index (χ3n) is 2.57. The summed E-state index contributed by atoms with van der Waals surface area (Å²) in [5, 5.41) is 0. The Morgan fingerprint density at radius 2 is 1.89 bits per heavy atom. The number of ether oxygens (including phenoxy) is 3. The molecule has 4 nitrogen and oxygen atoms in total. The number of carbonyl (C=O) groups is 1. The first-order valence-electron chi connectivity index (χ1n) is 6.72.